The van der Waals surface area contributed by atoms with E-state index in [1.807, 2.05) is 66.4 Å². The molecule has 5 nitrogen and oxygen atoms in total. The number of ether oxygens (including phenoxy) is 1. The van der Waals surface area contributed by atoms with Gasteiger partial charge in [0.1, 0.15) is 17.7 Å². The van der Waals surface area contributed by atoms with Crippen molar-refractivity contribution in [2.45, 2.75) is 38.8 Å². The van der Waals surface area contributed by atoms with E-state index in [9.17, 15) is 9.18 Å². The number of hydrazone groups is 1. The standard InChI is InChI=1S/C26H27FN3O2/c1-20-6-5-9-25(28-20)29(17-16-21-10-12-23(27)13-11-21)30-24(14-15-26(30)31)19-32-18-22-7-3-2-4-8-22/h2-13,17,24H,14-16,18-19H2,1H3/q+1/t24-/m0/s1. The molecule has 0 bridgehead atoms. The minimum absolute atomic E-state index is 0.0389. The van der Waals surface area contributed by atoms with Crippen LogP contribution in [0.4, 0.5) is 10.2 Å². The molecule has 0 N–H and O–H groups in total. The Bertz CT molecular complexity index is 1080. The van der Waals surface area contributed by atoms with Gasteiger partial charge >= 0.3 is 5.82 Å². The lowest BCUT2D eigenvalue weighted by atomic mass is 10.2. The summed E-state index contributed by atoms with van der Waals surface area (Å²) in [7, 11) is 0. The van der Waals surface area contributed by atoms with E-state index in [2.05, 4.69) is 4.98 Å². The van der Waals surface area contributed by atoms with Gasteiger partial charge in [-0.25, -0.2) is 4.39 Å². The normalized spacial score (nSPS) is 16.6. The summed E-state index contributed by atoms with van der Waals surface area (Å²) in [5.74, 6) is 0.448. The quantitative estimate of drug-likeness (QED) is 0.386. The number of amides is 1. The molecule has 1 aromatic heterocycles. The van der Waals surface area contributed by atoms with E-state index in [1.54, 1.807) is 17.1 Å². The minimum atomic E-state index is -0.267. The monoisotopic (exact) mass is 432 g/mol. The fraction of sp³-hybridized carbons (Fsp3) is 0.269. The topological polar surface area (TPSA) is 45.4 Å². The highest BCUT2D eigenvalue weighted by Crippen LogP contribution is 2.24. The highest BCUT2D eigenvalue weighted by Gasteiger charge is 2.38. The summed E-state index contributed by atoms with van der Waals surface area (Å²) in [6.07, 6.45) is 3.66. The lowest BCUT2D eigenvalue weighted by molar-refractivity contribution is -0.608. The Morgan fingerprint density at radius 3 is 2.59 bits per heavy atom. The molecule has 1 aliphatic heterocycles. The van der Waals surface area contributed by atoms with Gasteiger partial charge in [-0.2, -0.15) is 5.01 Å². The molecule has 0 radical (unpaired) electrons. The molecule has 0 aliphatic carbocycles. The van der Waals surface area contributed by atoms with Crippen LogP contribution in [0.3, 0.4) is 0 Å². The van der Waals surface area contributed by atoms with Gasteiger partial charge in [-0.05, 0) is 46.8 Å². The van der Waals surface area contributed by atoms with E-state index in [4.69, 9.17) is 4.74 Å². The molecule has 2 aromatic carbocycles. The van der Waals surface area contributed by atoms with E-state index in [0.29, 0.717) is 31.9 Å². The summed E-state index contributed by atoms with van der Waals surface area (Å²) in [5, 5.41) is 1.76. The Kier molecular flexibility index (Phi) is 7.02. The average molecular weight is 433 g/mol. The molecule has 1 fully saturated rings. The van der Waals surface area contributed by atoms with Crippen molar-refractivity contribution in [3.8, 4) is 0 Å². The van der Waals surface area contributed by atoms with Crippen molar-refractivity contribution in [1.29, 1.82) is 0 Å². The molecule has 32 heavy (non-hydrogen) atoms. The maximum absolute atomic E-state index is 13.3. The van der Waals surface area contributed by atoms with Crippen LogP contribution >= 0.6 is 0 Å². The smallest absolute Gasteiger partial charge is 0.346 e. The summed E-state index contributed by atoms with van der Waals surface area (Å²) in [4.78, 5) is 17.5. The van der Waals surface area contributed by atoms with Crippen LogP contribution in [-0.2, 0) is 22.6 Å². The zero-order chi connectivity index (χ0) is 22.3. The zero-order valence-corrected chi connectivity index (χ0v) is 18.2. The molecule has 6 heteroatoms. The molecule has 1 amide bonds. The first-order valence-corrected chi connectivity index (χ1v) is 10.8. The van der Waals surface area contributed by atoms with Gasteiger partial charge in [0, 0.05) is 25.8 Å². The van der Waals surface area contributed by atoms with Crippen molar-refractivity contribution in [2.24, 2.45) is 0 Å². The highest BCUT2D eigenvalue weighted by molar-refractivity contribution is 5.78. The summed E-state index contributed by atoms with van der Waals surface area (Å²) in [6.45, 7) is 2.86. The lowest BCUT2D eigenvalue weighted by Crippen LogP contribution is -2.43. The van der Waals surface area contributed by atoms with Gasteiger partial charge in [0.2, 0.25) is 0 Å². The minimum Gasteiger partial charge on any atom is -0.374 e. The van der Waals surface area contributed by atoms with Gasteiger partial charge in [0.05, 0.1) is 19.3 Å². The molecule has 3 aromatic rings. The molecule has 1 aliphatic rings. The maximum Gasteiger partial charge on any atom is 0.346 e. The predicted octanol–water partition coefficient (Wildman–Crippen LogP) is 4.61. The Morgan fingerprint density at radius 2 is 1.84 bits per heavy atom. The Hall–Kier alpha value is -3.38. The average Bonchev–Trinajstić information content (AvgIpc) is 3.16. The number of benzene rings is 2. The van der Waals surface area contributed by atoms with Crippen LogP contribution in [0.15, 0.2) is 72.8 Å². The fourth-order valence-corrected chi connectivity index (χ4v) is 3.83. The van der Waals surface area contributed by atoms with Gasteiger partial charge in [-0.3, -0.25) is 4.79 Å². The molecule has 1 atom stereocenters. The maximum atomic E-state index is 13.3. The molecule has 0 unspecified atom stereocenters. The molecular formula is C26H27FN3O2+. The summed E-state index contributed by atoms with van der Waals surface area (Å²) in [6, 6.07) is 22.0. The van der Waals surface area contributed by atoms with Crippen molar-refractivity contribution in [1.82, 2.24) is 9.99 Å². The first-order chi connectivity index (χ1) is 15.6. The number of halogens is 1. The fourth-order valence-electron chi connectivity index (χ4n) is 3.83. The van der Waals surface area contributed by atoms with Crippen LogP contribution in [0.1, 0.15) is 29.7 Å². The van der Waals surface area contributed by atoms with Gasteiger partial charge in [0.15, 0.2) is 0 Å². The second kappa shape index (κ2) is 10.3. The highest BCUT2D eigenvalue weighted by atomic mass is 19.1. The lowest BCUT2D eigenvalue weighted by Gasteiger charge is -2.23. The van der Waals surface area contributed by atoms with Crippen molar-refractivity contribution in [2.75, 3.05) is 6.61 Å². The van der Waals surface area contributed by atoms with Crippen LogP contribution < -0.4 is 0 Å². The van der Waals surface area contributed by atoms with Gasteiger partial charge in [-0.15, -0.1) is 4.68 Å². The molecule has 1 saturated heterocycles. The van der Waals surface area contributed by atoms with E-state index >= 15 is 0 Å². The number of hydrazine groups is 1. The van der Waals surface area contributed by atoms with Crippen LogP contribution in [0.25, 0.3) is 0 Å². The Morgan fingerprint density at radius 1 is 1.06 bits per heavy atom. The molecule has 2 heterocycles. The van der Waals surface area contributed by atoms with Crippen molar-refractivity contribution < 1.29 is 18.6 Å². The number of aromatic nitrogens is 1. The molecule has 0 saturated carbocycles. The number of hydrogen-bond donors (Lipinski definition) is 0. The first-order valence-electron chi connectivity index (χ1n) is 10.8. The van der Waals surface area contributed by atoms with Crippen molar-refractivity contribution >= 4 is 17.9 Å². The van der Waals surface area contributed by atoms with Crippen LogP contribution in [-0.4, -0.2) is 39.4 Å². The molecule has 0 spiro atoms. The number of pyridine rings is 1. The second-order valence-corrected chi connectivity index (χ2v) is 7.93. The third-order valence-corrected chi connectivity index (χ3v) is 5.47. The molecule has 164 valence electrons. The summed E-state index contributed by atoms with van der Waals surface area (Å²) in [5.41, 5.74) is 2.92. The van der Waals surface area contributed by atoms with Gasteiger partial charge in [0.25, 0.3) is 5.91 Å². The molecule has 4 rings (SSSR count). The number of carbonyl (C=O) groups excluding carboxylic acids is 1. The number of rotatable bonds is 8. The number of hydrogen-bond acceptors (Lipinski definition) is 3. The van der Waals surface area contributed by atoms with E-state index < -0.39 is 0 Å². The van der Waals surface area contributed by atoms with Crippen molar-refractivity contribution in [3.63, 3.8) is 0 Å². The first kappa shape index (κ1) is 21.8. The SMILES string of the molecule is Cc1cccc([N+](=CCc2ccc(F)cc2)N2C(=O)CC[C@H]2COCc2ccccc2)n1. The van der Waals surface area contributed by atoms with E-state index in [-0.39, 0.29) is 17.8 Å². The number of carbonyl (C=O) groups is 1. The Balaban J connectivity index is 1.56. The van der Waals surface area contributed by atoms with Crippen LogP contribution in [0, 0.1) is 12.7 Å². The van der Waals surface area contributed by atoms with Gasteiger partial charge < -0.3 is 4.74 Å². The van der Waals surface area contributed by atoms with E-state index in [1.165, 1.54) is 12.1 Å². The largest absolute Gasteiger partial charge is 0.374 e. The van der Waals surface area contributed by atoms with Crippen LogP contribution in [0.2, 0.25) is 0 Å². The molecular weight excluding hydrogens is 405 g/mol. The third kappa shape index (κ3) is 5.45. The summed E-state index contributed by atoms with van der Waals surface area (Å²) >= 11 is 0. The van der Waals surface area contributed by atoms with Crippen molar-refractivity contribution in [3.05, 3.63) is 95.4 Å². The third-order valence-electron chi connectivity index (χ3n) is 5.47. The van der Waals surface area contributed by atoms with Gasteiger partial charge in [-0.1, -0.05) is 42.5 Å². The second-order valence-electron chi connectivity index (χ2n) is 7.93. The summed E-state index contributed by atoms with van der Waals surface area (Å²) < 4.78 is 21.1. The number of aryl methyl sites for hydroxylation is 1. The number of nitrogens with zero attached hydrogens (tertiary/aromatic N) is 3. The van der Waals surface area contributed by atoms with Crippen LogP contribution in [0.5, 0.6) is 0 Å². The van der Waals surface area contributed by atoms with E-state index in [0.717, 1.165) is 23.2 Å². The predicted molar refractivity (Wildman–Crippen MR) is 121 cm³/mol. The zero-order valence-electron chi connectivity index (χ0n) is 18.2. The Labute approximate surface area is 187 Å².